The lowest BCUT2D eigenvalue weighted by molar-refractivity contribution is -0.142. The molecule has 1 atom stereocenters. The van der Waals surface area contributed by atoms with E-state index in [9.17, 15) is 4.79 Å². The SMILES string of the molecule is COC(=O)[C@H](N)Cc1ccc(C)cc1OC. The van der Waals surface area contributed by atoms with Crippen LogP contribution in [0.5, 0.6) is 5.75 Å². The predicted molar refractivity (Wildman–Crippen MR) is 61.4 cm³/mol. The van der Waals surface area contributed by atoms with Gasteiger partial charge in [0.15, 0.2) is 0 Å². The first-order valence-corrected chi connectivity index (χ1v) is 5.05. The third-order valence-electron chi connectivity index (χ3n) is 2.39. The Labute approximate surface area is 95.3 Å². The molecule has 0 amide bonds. The molecule has 0 radical (unpaired) electrons. The quantitative estimate of drug-likeness (QED) is 0.775. The van der Waals surface area contributed by atoms with Crippen molar-refractivity contribution in [1.29, 1.82) is 0 Å². The average molecular weight is 223 g/mol. The van der Waals surface area contributed by atoms with Gasteiger partial charge in [-0.05, 0) is 24.1 Å². The minimum absolute atomic E-state index is 0.413. The summed E-state index contributed by atoms with van der Waals surface area (Å²) < 4.78 is 9.81. The molecule has 0 aromatic heterocycles. The van der Waals surface area contributed by atoms with Crippen molar-refractivity contribution < 1.29 is 14.3 Å². The van der Waals surface area contributed by atoms with Crippen LogP contribution in [0.25, 0.3) is 0 Å². The van der Waals surface area contributed by atoms with E-state index in [1.54, 1.807) is 7.11 Å². The second kappa shape index (κ2) is 5.51. The molecule has 1 aromatic carbocycles. The number of esters is 1. The zero-order chi connectivity index (χ0) is 12.1. The number of hydrogen-bond acceptors (Lipinski definition) is 4. The molecule has 0 heterocycles. The van der Waals surface area contributed by atoms with E-state index >= 15 is 0 Å². The molecule has 1 aromatic rings. The van der Waals surface area contributed by atoms with E-state index in [1.165, 1.54) is 7.11 Å². The highest BCUT2D eigenvalue weighted by Crippen LogP contribution is 2.21. The normalized spacial score (nSPS) is 12.0. The second-order valence-electron chi connectivity index (χ2n) is 3.65. The van der Waals surface area contributed by atoms with Crippen molar-refractivity contribution in [2.75, 3.05) is 14.2 Å². The van der Waals surface area contributed by atoms with Gasteiger partial charge < -0.3 is 15.2 Å². The van der Waals surface area contributed by atoms with Gasteiger partial charge in [-0.3, -0.25) is 4.79 Å². The number of hydrogen-bond donors (Lipinski definition) is 1. The van der Waals surface area contributed by atoms with Crippen molar-refractivity contribution in [3.8, 4) is 5.75 Å². The first-order valence-electron chi connectivity index (χ1n) is 5.05. The van der Waals surface area contributed by atoms with E-state index in [-0.39, 0.29) is 0 Å². The molecule has 0 aliphatic heterocycles. The summed E-state index contributed by atoms with van der Waals surface area (Å²) in [4.78, 5) is 11.2. The summed E-state index contributed by atoms with van der Waals surface area (Å²) in [5.41, 5.74) is 7.70. The van der Waals surface area contributed by atoms with E-state index < -0.39 is 12.0 Å². The molecule has 88 valence electrons. The van der Waals surface area contributed by atoms with Gasteiger partial charge in [-0.25, -0.2) is 0 Å². The number of methoxy groups -OCH3 is 2. The van der Waals surface area contributed by atoms with Gasteiger partial charge in [-0.1, -0.05) is 12.1 Å². The highest BCUT2D eigenvalue weighted by atomic mass is 16.5. The van der Waals surface area contributed by atoms with Crippen LogP contribution in [-0.4, -0.2) is 26.2 Å². The fourth-order valence-electron chi connectivity index (χ4n) is 1.49. The van der Waals surface area contributed by atoms with Crippen LogP contribution in [0.3, 0.4) is 0 Å². The molecule has 4 nitrogen and oxygen atoms in total. The third kappa shape index (κ3) is 2.97. The Hall–Kier alpha value is -1.55. The van der Waals surface area contributed by atoms with Gasteiger partial charge in [-0.2, -0.15) is 0 Å². The van der Waals surface area contributed by atoms with Gasteiger partial charge in [-0.15, -0.1) is 0 Å². The van der Waals surface area contributed by atoms with E-state index in [4.69, 9.17) is 10.5 Å². The Kier molecular flexibility index (Phi) is 4.31. The van der Waals surface area contributed by atoms with Gasteiger partial charge in [0.1, 0.15) is 11.8 Å². The molecule has 0 unspecified atom stereocenters. The number of carbonyl (C=O) groups excluding carboxylic acids is 1. The second-order valence-corrected chi connectivity index (χ2v) is 3.65. The Morgan fingerprint density at radius 2 is 2.12 bits per heavy atom. The molecule has 1 rings (SSSR count). The van der Waals surface area contributed by atoms with Crippen molar-refractivity contribution in [2.24, 2.45) is 5.73 Å². The fourth-order valence-corrected chi connectivity index (χ4v) is 1.49. The molecule has 4 heteroatoms. The number of benzene rings is 1. The number of ether oxygens (including phenoxy) is 2. The summed E-state index contributed by atoms with van der Waals surface area (Å²) in [6, 6.07) is 5.14. The highest BCUT2D eigenvalue weighted by Gasteiger charge is 2.16. The molecule has 0 spiro atoms. The van der Waals surface area contributed by atoms with Gasteiger partial charge in [0.25, 0.3) is 0 Å². The Balaban J connectivity index is 2.84. The monoisotopic (exact) mass is 223 g/mol. The van der Waals surface area contributed by atoms with Crippen LogP contribution in [-0.2, 0) is 16.0 Å². The maximum atomic E-state index is 11.2. The van der Waals surface area contributed by atoms with Crippen molar-refractivity contribution in [3.05, 3.63) is 29.3 Å². The van der Waals surface area contributed by atoms with Crippen LogP contribution in [0.1, 0.15) is 11.1 Å². The lowest BCUT2D eigenvalue weighted by atomic mass is 10.0. The van der Waals surface area contributed by atoms with E-state index in [0.29, 0.717) is 6.42 Å². The van der Waals surface area contributed by atoms with Crippen molar-refractivity contribution in [3.63, 3.8) is 0 Å². The van der Waals surface area contributed by atoms with Crippen LogP contribution >= 0.6 is 0 Å². The summed E-state index contributed by atoms with van der Waals surface area (Å²) >= 11 is 0. The summed E-state index contributed by atoms with van der Waals surface area (Å²) in [5.74, 6) is 0.335. The molecule has 16 heavy (non-hydrogen) atoms. The first-order chi connectivity index (χ1) is 7.58. The molecule has 0 aliphatic rings. The first kappa shape index (κ1) is 12.5. The summed E-state index contributed by atoms with van der Waals surface area (Å²) in [6.07, 6.45) is 0.413. The van der Waals surface area contributed by atoms with Crippen molar-refractivity contribution in [2.45, 2.75) is 19.4 Å². The lowest BCUT2D eigenvalue weighted by Gasteiger charge is -2.13. The minimum Gasteiger partial charge on any atom is -0.496 e. The summed E-state index contributed by atoms with van der Waals surface area (Å²) in [7, 11) is 2.93. The number of nitrogens with two attached hydrogens (primary N) is 1. The van der Waals surface area contributed by atoms with E-state index in [2.05, 4.69) is 4.74 Å². The zero-order valence-corrected chi connectivity index (χ0v) is 9.82. The van der Waals surface area contributed by atoms with Crippen molar-refractivity contribution >= 4 is 5.97 Å². The number of carbonyl (C=O) groups is 1. The molecule has 0 saturated heterocycles. The maximum absolute atomic E-state index is 11.2. The maximum Gasteiger partial charge on any atom is 0.322 e. The van der Waals surface area contributed by atoms with Gasteiger partial charge >= 0.3 is 5.97 Å². The van der Waals surface area contributed by atoms with Gasteiger partial charge in [0.2, 0.25) is 0 Å². The van der Waals surface area contributed by atoms with Crippen LogP contribution in [0.2, 0.25) is 0 Å². The third-order valence-corrected chi connectivity index (χ3v) is 2.39. The number of rotatable bonds is 4. The fraction of sp³-hybridized carbons (Fsp3) is 0.417. The predicted octanol–water partition coefficient (Wildman–Crippen LogP) is 1.05. The molecule has 2 N–H and O–H groups in total. The summed E-state index contributed by atoms with van der Waals surface area (Å²) in [5, 5.41) is 0. The zero-order valence-electron chi connectivity index (χ0n) is 9.82. The van der Waals surface area contributed by atoms with Gasteiger partial charge in [0, 0.05) is 6.42 Å². The lowest BCUT2D eigenvalue weighted by Crippen LogP contribution is -2.33. The molecule has 0 saturated carbocycles. The number of aryl methyl sites for hydroxylation is 1. The highest BCUT2D eigenvalue weighted by molar-refractivity contribution is 5.75. The Bertz CT molecular complexity index is 377. The molecular formula is C12H17NO3. The molecule has 0 aliphatic carbocycles. The van der Waals surface area contributed by atoms with E-state index in [0.717, 1.165) is 16.9 Å². The summed E-state index contributed by atoms with van der Waals surface area (Å²) in [6.45, 7) is 1.98. The van der Waals surface area contributed by atoms with Crippen LogP contribution in [0, 0.1) is 6.92 Å². The largest absolute Gasteiger partial charge is 0.496 e. The Morgan fingerprint density at radius 1 is 1.44 bits per heavy atom. The minimum atomic E-state index is -0.651. The topological polar surface area (TPSA) is 61.5 Å². The van der Waals surface area contributed by atoms with Crippen LogP contribution < -0.4 is 10.5 Å². The smallest absolute Gasteiger partial charge is 0.322 e. The Morgan fingerprint density at radius 3 is 2.69 bits per heavy atom. The molecular weight excluding hydrogens is 206 g/mol. The van der Waals surface area contributed by atoms with Crippen LogP contribution in [0.4, 0.5) is 0 Å². The van der Waals surface area contributed by atoms with Crippen molar-refractivity contribution in [1.82, 2.24) is 0 Å². The van der Waals surface area contributed by atoms with Crippen LogP contribution in [0.15, 0.2) is 18.2 Å². The van der Waals surface area contributed by atoms with Gasteiger partial charge in [0.05, 0.1) is 14.2 Å². The molecule has 0 bridgehead atoms. The van der Waals surface area contributed by atoms with E-state index in [1.807, 2.05) is 25.1 Å². The molecule has 0 fully saturated rings. The standard InChI is InChI=1S/C12H17NO3/c1-8-4-5-9(11(6-8)15-2)7-10(13)12(14)16-3/h4-6,10H,7,13H2,1-3H3/t10-/m1/s1. The average Bonchev–Trinajstić information content (AvgIpc) is 2.30.